The van der Waals surface area contributed by atoms with Crippen molar-refractivity contribution in [1.82, 2.24) is 4.98 Å². The van der Waals surface area contributed by atoms with Gasteiger partial charge in [0.2, 0.25) is 0 Å². The molecule has 5 heteroatoms. The quantitative estimate of drug-likeness (QED) is 0.313. The number of anilines is 1. The van der Waals surface area contributed by atoms with Gasteiger partial charge in [0.15, 0.2) is 5.78 Å². The molecule has 0 saturated heterocycles. The summed E-state index contributed by atoms with van der Waals surface area (Å²) in [6, 6.07) is 30.9. The third-order valence-corrected chi connectivity index (χ3v) is 5.56. The summed E-state index contributed by atoms with van der Waals surface area (Å²) in [5.41, 5.74) is 3.66. The molecule has 0 bridgehead atoms. The second-order valence-electron chi connectivity index (χ2n) is 7.77. The van der Waals surface area contributed by atoms with Gasteiger partial charge < -0.3 is 5.32 Å². The Balaban J connectivity index is 1.55. The zero-order valence-corrected chi connectivity index (χ0v) is 18.0. The van der Waals surface area contributed by atoms with Crippen molar-refractivity contribution < 1.29 is 14.0 Å². The maximum Gasteiger partial charge on any atom is 0.256 e. The van der Waals surface area contributed by atoms with E-state index in [1.807, 2.05) is 30.3 Å². The summed E-state index contributed by atoms with van der Waals surface area (Å²) in [4.78, 5) is 31.2. The maximum absolute atomic E-state index is 13.5. The van der Waals surface area contributed by atoms with E-state index in [0.29, 0.717) is 44.5 Å². The molecule has 1 aromatic heterocycles. The lowest BCUT2D eigenvalue weighted by Crippen LogP contribution is -2.16. The van der Waals surface area contributed by atoms with E-state index in [-0.39, 0.29) is 17.5 Å². The Morgan fingerprint density at radius 2 is 1.38 bits per heavy atom. The zero-order valence-electron chi connectivity index (χ0n) is 18.0. The van der Waals surface area contributed by atoms with Crippen LogP contribution in [0.4, 0.5) is 10.1 Å². The second-order valence-corrected chi connectivity index (χ2v) is 7.77. The Labute approximate surface area is 195 Å². The van der Waals surface area contributed by atoms with E-state index in [2.05, 4.69) is 10.3 Å². The molecule has 1 heterocycles. The fourth-order valence-electron chi connectivity index (χ4n) is 3.86. The number of carbonyl (C=O) groups is 2. The van der Waals surface area contributed by atoms with Crippen molar-refractivity contribution in [1.29, 1.82) is 0 Å². The lowest BCUT2D eigenvalue weighted by atomic mass is 10.0. The van der Waals surface area contributed by atoms with Crippen LogP contribution in [0.15, 0.2) is 109 Å². The molecule has 0 aliphatic rings. The van der Waals surface area contributed by atoms with Crippen molar-refractivity contribution in [2.24, 2.45) is 0 Å². The molecule has 0 atom stereocenters. The summed E-state index contributed by atoms with van der Waals surface area (Å²) < 4.78 is 13.4. The van der Waals surface area contributed by atoms with Crippen LogP contribution >= 0.6 is 0 Å². The number of para-hydroxylation sites is 2. The molecule has 0 saturated carbocycles. The van der Waals surface area contributed by atoms with E-state index in [4.69, 9.17) is 0 Å². The van der Waals surface area contributed by atoms with Crippen LogP contribution in [0, 0.1) is 5.82 Å². The van der Waals surface area contributed by atoms with Crippen LogP contribution in [-0.4, -0.2) is 16.7 Å². The van der Waals surface area contributed by atoms with E-state index in [1.165, 1.54) is 12.1 Å². The Bertz CT molecular complexity index is 1510. The van der Waals surface area contributed by atoms with E-state index in [1.54, 1.807) is 66.7 Å². The molecule has 4 aromatic carbocycles. The van der Waals surface area contributed by atoms with E-state index < -0.39 is 0 Å². The molecule has 0 unspecified atom stereocenters. The van der Waals surface area contributed by atoms with Gasteiger partial charge in [-0.3, -0.25) is 9.59 Å². The summed E-state index contributed by atoms with van der Waals surface area (Å²) in [6.07, 6.45) is 0. The summed E-state index contributed by atoms with van der Waals surface area (Å²) in [5.74, 6) is -0.888. The number of amides is 1. The van der Waals surface area contributed by atoms with E-state index in [9.17, 15) is 14.0 Å². The Hall–Kier alpha value is -4.64. The molecular weight excluding hydrogens is 427 g/mol. The molecule has 1 amide bonds. The highest BCUT2D eigenvalue weighted by atomic mass is 19.1. The number of nitrogens with one attached hydrogen (secondary N) is 1. The third kappa shape index (κ3) is 4.19. The molecule has 1 N–H and O–H groups in total. The van der Waals surface area contributed by atoms with E-state index in [0.717, 1.165) is 0 Å². The monoisotopic (exact) mass is 446 g/mol. The fraction of sp³-hybridized carbons (Fsp3) is 0. The predicted octanol–water partition coefficient (Wildman–Crippen LogP) is 6.52. The Morgan fingerprint density at radius 1 is 0.706 bits per heavy atom. The largest absolute Gasteiger partial charge is 0.321 e. The predicted molar refractivity (Wildman–Crippen MR) is 131 cm³/mol. The molecule has 4 nitrogen and oxygen atoms in total. The van der Waals surface area contributed by atoms with Gasteiger partial charge in [0.25, 0.3) is 5.91 Å². The molecule has 5 rings (SSSR count). The number of aromatic nitrogens is 1. The minimum atomic E-state index is -0.365. The van der Waals surface area contributed by atoms with Gasteiger partial charge in [-0.25, -0.2) is 9.37 Å². The third-order valence-electron chi connectivity index (χ3n) is 5.56. The van der Waals surface area contributed by atoms with Gasteiger partial charge in [0, 0.05) is 22.1 Å². The number of halogens is 1. The molecule has 5 aromatic rings. The van der Waals surface area contributed by atoms with Crippen molar-refractivity contribution in [3.8, 4) is 11.3 Å². The number of benzene rings is 4. The average molecular weight is 446 g/mol. The first-order chi connectivity index (χ1) is 16.6. The molecule has 0 radical (unpaired) electrons. The van der Waals surface area contributed by atoms with Gasteiger partial charge in [0.1, 0.15) is 5.82 Å². The van der Waals surface area contributed by atoms with Crippen molar-refractivity contribution >= 4 is 28.3 Å². The summed E-state index contributed by atoms with van der Waals surface area (Å²) in [6.45, 7) is 0. The van der Waals surface area contributed by atoms with Crippen molar-refractivity contribution in [2.75, 3.05) is 5.32 Å². The lowest BCUT2D eigenvalue weighted by molar-refractivity contribution is 0.102. The Kier molecular flexibility index (Phi) is 5.67. The average Bonchev–Trinajstić information content (AvgIpc) is 2.89. The number of hydrogen-bond acceptors (Lipinski definition) is 3. The van der Waals surface area contributed by atoms with Gasteiger partial charge in [-0.1, -0.05) is 60.7 Å². The summed E-state index contributed by atoms with van der Waals surface area (Å²) in [5, 5.41) is 3.59. The molecule has 0 aliphatic carbocycles. The van der Waals surface area contributed by atoms with Gasteiger partial charge in [-0.2, -0.15) is 0 Å². The lowest BCUT2D eigenvalue weighted by Gasteiger charge is -2.13. The highest BCUT2D eigenvalue weighted by molar-refractivity contribution is 6.17. The van der Waals surface area contributed by atoms with Gasteiger partial charge >= 0.3 is 0 Å². The van der Waals surface area contributed by atoms with Crippen LogP contribution in [0.3, 0.4) is 0 Å². The van der Waals surface area contributed by atoms with Crippen molar-refractivity contribution in [2.45, 2.75) is 0 Å². The Morgan fingerprint density at radius 3 is 2.18 bits per heavy atom. The zero-order chi connectivity index (χ0) is 23.5. The summed E-state index contributed by atoms with van der Waals surface area (Å²) in [7, 11) is 0. The number of pyridine rings is 1. The minimum Gasteiger partial charge on any atom is -0.321 e. The number of fused-ring (bicyclic) bond motifs is 1. The second kappa shape index (κ2) is 9.08. The van der Waals surface area contributed by atoms with Crippen LogP contribution in [0.2, 0.25) is 0 Å². The smallest absolute Gasteiger partial charge is 0.256 e. The molecule has 0 fully saturated rings. The number of hydrogen-bond donors (Lipinski definition) is 1. The van der Waals surface area contributed by atoms with Crippen LogP contribution in [0.5, 0.6) is 0 Å². The standard InChI is InChI=1S/C29H19FN2O2/c30-21-16-14-19(15-17-21)27-18-24(22-10-4-6-12-25(22)31-27)29(34)32-26-13-7-5-11-23(26)28(33)20-8-2-1-3-9-20/h1-18H,(H,32,34). The first-order valence-electron chi connectivity index (χ1n) is 10.8. The van der Waals surface area contributed by atoms with Gasteiger partial charge in [-0.05, 0) is 48.5 Å². The highest BCUT2D eigenvalue weighted by Crippen LogP contribution is 2.27. The maximum atomic E-state index is 13.5. The molecular formula is C29H19FN2O2. The number of carbonyl (C=O) groups excluding carboxylic acids is 2. The molecule has 34 heavy (non-hydrogen) atoms. The van der Waals surface area contributed by atoms with Gasteiger partial charge in [-0.15, -0.1) is 0 Å². The normalized spacial score (nSPS) is 10.7. The molecule has 0 aliphatic heterocycles. The topological polar surface area (TPSA) is 59.1 Å². The minimum absolute atomic E-state index is 0.178. The highest BCUT2D eigenvalue weighted by Gasteiger charge is 2.18. The van der Waals surface area contributed by atoms with Crippen LogP contribution in [-0.2, 0) is 0 Å². The first kappa shape index (κ1) is 21.2. The number of ketones is 1. The van der Waals surface area contributed by atoms with E-state index >= 15 is 0 Å². The van der Waals surface area contributed by atoms with Crippen LogP contribution in [0.1, 0.15) is 26.3 Å². The number of rotatable bonds is 5. The van der Waals surface area contributed by atoms with Crippen LogP contribution in [0.25, 0.3) is 22.2 Å². The molecule has 164 valence electrons. The van der Waals surface area contributed by atoms with Crippen LogP contribution < -0.4 is 5.32 Å². The van der Waals surface area contributed by atoms with Gasteiger partial charge in [0.05, 0.1) is 22.5 Å². The fourth-order valence-corrected chi connectivity index (χ4v) is 3.86. The molecule has 0 spiro atoms. The van der Waals surface area contributed by atoms with Crippen molar-refractivity contribution in [3.63, 3.8) is 0 Å². The number of nitrogens with zero attached hydrogens (tertiary/aromatic N) is 1. The first-order valence-corrected chi connectivity index (χ1v) is 10.8. The SMILES string of the molecule is O=C(c1ccccc1)c1ccccc1NC(=O)c1cc(-c2ccc(F)cc2)nc2ccccc12. The van der Waals surface area contributed by atoms with Crippen molar-refractivity contribution in [3.05, 3.63) is 132 Å². The summed E-state index contributed by atoms with van der Waals surface area (Å²) >= 11 is 0.